The maximum absolute atomic E-state index is 6.15. The summed E-state index contributed by atoms with van der Waals surface area (Å²) in [6, 6.07) is 5.67. The quantitative estimate of drug-likeness (QED) is 0.414. The Balaban J connectivity index is 2.02. The Morgan fingerprint density at radius 1 is 0.480 bits per heavy atom. The molecule has 25 heavy (non-hydrogen) atoms. The van der Waals surface area contributed by atoms with Crippen molar-refractivity contribution >= 4 is 71.4 Å². The van der Waals surface area contributed by atoms with Crippen LogP contribution in [-0.2, 0) is 0 Å². The number of nitrogens with zero attached hydrogens (tertiary/aromatic N) is 8. The second kappa shape index (κ2) is 3.46. The number of hydrogen-bond donors (Lipinski definition) is 1. The molecule has 114 valence electrons. The van der Waals surface area contributed by atoms with Gasteiger partial charge in [0.25, 0.3) is 0 Å². The molecule has 7 aromatic rings. The van der Waals surface area contributed by atoms with Crippen molar-refractivity contribution in [2.24, 2.45) is 0 Å². The molecule has 0 bridgehead atoms. The van der Waals surface area contributed by atoms with Crippen LogP contribution in [0.15, 0.2) is 18.2 Å². The largest absolute Gasteiger partial charge is 0.397 e. The van der Waals surface area contributed by atoms with Gasteiger partial charge in [-0.25, -0.2) is 0 Å². The molecule has 0 amide bonds. The Bertz CT molecular complexity index is 1590. The van der Waals surface area contributed by atoms with Crippen molar-refractivity contribution in [2.75, 3.05) is 5.73 Å². The van der Waals surface area contributed by atoms with E-state index in [0.29, 0.717) is 38.8 Å². The first-order valence-corrected chi connectivity index (χ1v) is 7.62. The Morgan fingerprint density at radius 2 is 0.960 bits per heavy atom. The van der Waals surface area contributed by atoms with Crippen molar-refractivity contribution in [3.8, 4) is 0 Å². The van der Waals surface area contributed by atoms with Crippen molar-refractivity contribution < 1.29 is 0 Å². The number of nitrogens with two attached hydrogens (primary N) is 1. The van der Waals surface area contributed by atoms with Gasteiger partial charge in [-0.05, 0) is 6.07 Å². The Morgan fingerprint density at radius 3 is 1.60 bits per heavy atom. The Hall–Kier alpha value is -3.88. The standard InChI is InChI=1S/C16H5N9/c17-5-3-1-2-4-6-7-8-12(14-10(6)19-23-14)21-22-13(8)16-15(24-25-16)11(7)20-18-9(4)5/h1-3H,17H2. The first-order valence-electron chi connectivity index (χ1n) is 7.62. The van der Waals surface area contributed by atoms with Crippen molar-refractivity contribution in [3.63, 3.8) is 0 Å². The van der Waals surface area contributed by atoms with E-state index in [2.05, 4.69) is 40.8 Å². The van der Waals surface area contributed by atoms with Crippen molar-refractivity contribution in [3.05, 3.63) is 18.2 Å². The minimum atomic E-state index is 0.557. The molecule has 0 aliphatic heterocycles. The molecule has 9 heteroatoms. The first-order chi connectivity index (χ1) is 12.3. The molecule has 0 fully saturated rings. The van der Waals surface area contributed by atoms with Gasteiger partial charge in [0, 0.05) is 21.5 Å². The molecule has 4 aromatic heterocycles. The lowest BCUT2D eigenvalue weighted by Gasteiger charge is -2.09. The van der Waals surface area contributed by atoms with Crippen LogP contribution >= 0.6 is 0 Å². The fraction of sp³-hybridized carbons (Fsp3) is 0. The highest BCUT2D eigenvalue weighted by Crippen LogP contribution is 2.43. The van der Waals surface area contributed by atoms with Crippen LogP contribution in [0.4, 0.5) is 5.69 Å². The summed E-state index contributed by atoms with van der Waals surface area (Å²) in [4.78, 5) is 0. The number of benzene rings is 3. The summed E-state index contributed by atoms with van der Waals surface area (Å²) in [5, 5.41) is 37.7. The maximum atomic E-state index is 6.15. The fourth-order valence-corrected chi connectivity index (χ4v) is 3.76. The topological polar surface area (TPSA) is 129 Å². The fourth-order valence-electron chi connectivity index (χ4n) is 3.76. The molecule has 0 aliphatic carbocycles. The minimum Gasteiger partial charge on any atom is -0.397 e. The molecule has 0 unspecified atom stereocenters. The molecule has 2 N–H and O–H groups in total. The summed E-state index contributed by atoms with van der Waals surface area (Å²) < 4.78 is 0. The van der Waals surface area contributed by atoms with Gasteiger partial charge < -0.3 is 5.73 Å². The second-order valence-electron chi connectivity index (χ2n) is 6.11. The zero-order chi connectivity index (χ0) is 16.3. The van der Waals surface area contributed by atoms with Crippen molar-refractivity contribution in [1.82, 2.24) is 40.8 Å². The highest BCUT2D eigenvalue weighted by Gasteiger charge is 2.27. The van der Waals surface area contributed by atoms with E-state index in [-0.39, 0.29) is 0 Å². The lowest BCUT2D eigenvalue weighted by atomic mass is 9.97. The second-order valence-corrected chi connectivity index (χ2v) is 6.11. The lowest BCUT2D eigenvalue weighted by molar-refractivity contribution is 1.06. The molecular formula is C16H5N9. The molecule has 4 heterocycles. The van der Waals surface area contributed by atoms with Gasteiger partial charge in [0.05, 0.1) is 5.69 Å². The molecule has 0 saturated carbocycles. The van der Waals surface area contributed by atoms with Gasteiger partial charge >= 0.3 is 0 Å². The Kier molecular flexibility index (Phi) is 1.61. The molecule has 0 saturated heterocycles. The van der Waals surface area contributed by atoms with E-state index in [1.807, 2.05) is 12.1 Å². The highest BCUT2D eigenvalue weighted by molar-refractivity contribution is 6.39. The average Bonchev–Trinajstić information content (AvgIpc) is 2.86. The van der Waals surface area contributed by atoms with E-state index < -0.39 is 0 Å². The number of fused-ring (bicyclic) bond motifs is 8. The van der Waals surface area contributed by atoms with E-state index in [4.69, 9.17) is 5.73 Å². The van der Waals surface area contributed by atoms with Gasteiger partial charge in [-0.1, -0.05) is 12.1 Å². The monoisotopic (exact) mass is 323 g/mol. The van der Waals surface area contributed by atoms with Crippen LogP contribution in [0.1, 0.15) is 0 Å². The van der Waals surface area contributed by atoms with Crippen LogP contribution in [-0.4, -0.2) is 40.8 Å². The van der Waals surface area contributed by atoms with Crippen LogP contribution in [0.25, 0.3) is 65.7 Å². The maximum Gasteiger partial charge on any atom is 0.144 e. The number of hydrogen-bond acceptors (Lipinski definition) is 9. The summed E-state index contributed by atoms with van der Waals surface area (Å²) in [5.74, 6) is 0. The van der Waals surface area contributed by atoms with E-state index in [0.717, 1.165) is 32.6 Å². The van der Waals surface area contributed by atoms with Gasteiger partial charge in [0.15, 0.2) is 0 Å². The number of anilines is 1. The summed E-state index contributed by atoms with van der Waals surface area (Å²) >= 11 is 0. The van der Waals surface area contributed by atoms with Gasteiger partial charge in [0.2, 0.25) is 0 Å². The molecule has 0 atom stereocenters. The zero-order valence-corrected chi connectivity index (χ0v) is 12.4. The third-order valence-corrected chi connectivity index (χ3v) is 4.91. The lowest BCUT2D eigenvalue weighted by Crippen LogP contribution is -1.98. The van der Waals surface area contributed by atoms with E-state index in [9.17, 15) is 0 Å². The van der Waals surface area contributed by atoms with Crippen molar-refractivity contribution in [1.29, 1.82) is 0 Å². The van der Waals surface area contributed by atoms with Crippen LogP contribution in [0.3, 0.4) is 0 Å². The van der Waals surface area contributed by atoms with E-state index in [1.54, 1.807) is 6.07 Å². The molecule has 7 rings (SSSR count). The molecule has 9 nitrogen and oxygen atoms in total. The molecule has 3 aromatic carbocycles. The van der Waals surface area contributed by atoms with Gasteiger partial charge in [-0.3, -0.25) is 0 Å². The summed E-state index contributed by atoms with van der Waals surface area (Å²) in [6.45, 7) is 0. The molecule has 0 aliphatic rings. The predicted molar refractivity (Wildman–Crippen MR) is 91.8 cm³/mol. The third kappa shape index (κ3) is 1.08. The predicted octanol–water partition coefficient (Wildman–Crippen LogP) is 1.66. The SMILES string of the molecule is Nc1cccc2c1nnc1c3nnc3c3nnc4c5nnc5c2c1c34. The molecule has 0 spiro atoms. The van der Waals surface area contributed by atoms with E-state index in [1.165, 1.54) is 0 Å². The highest BCUT2D eigenvalue weighted by atomic mass is 15.2. The average molecular weight is 323 g/mol. The van der Waals surface area contributed by atoms with Crippen LogP contribution in [0, 0.1) is 0 Å². The van der Waals surface area contributed by atoms with Gasteiger partial charge in [0.1, 0.15) is 44.1 Å². The van der Waals surface area contributed by atoms with Gasteiger partial charge in [-0.2, -0.15) is 0 Å². The van der Waals surface area contributed by atoms with E-state index >= 15 is 0 Å². The van der Waals surface area contributed by atoms with Crippen molar-refractivity contribution in [2.45, 2.75) is 0 Å². The smallest absolute Gasteiger partial charge is 0.144 e. The third-order valence-electron chi connectivity index (χ3n) is 4.91. The minimum absolute atomic E-state index is 0.557. The normalized spacial score (nSPS) is 13.0. The zero-order valence-electron chi connectivity index (χ0n) is 12.4. The Labute approximate surface area is 136 Å². The molecular weight excluding hydrogens is 318 g/mol. The first kappa shape index (κ1) is 11.6. The van der Waals surface area contributed by atoms with Crippen LogP contribution in [0.5, 0.6) is 0 Å². The number of aromatic nitrogens is 8. The van der Waals surface area contributed by atoms with Crippen LogP contribution < -0.4 is 5.73 Å². The summed E-state index contributed by atoms with van der Waals surface area (Å²) in [5.41, 5.74) is 12.3. The van der Waals surface area contributed by atoms with Gasteiger partial charge in [-0.15, -0.1) is 40.8 Å². The summed E-state index contributed by atoms with van der Waals surface area (Å²) in [7, 11) is 0. The summed E-state index contributed by atoms with van der Waals surface area (Å²) in [6.07, 6.45) is 0. The number of rotatable bonds is 0. The number of nitrogen functional groups attached to an aromatic ring is 1. The van der Waals surface area contributed by atoms with Crippen LogP contribution in [0.2, 0.25) is 0 Å². The molecule has 0 radical (unpaired) electrons.